The van der Waals surface area contributed by atoms with Crippen molar-refractivity contribution in [2.45, 2.75) is 37.0 Å². The Morgan fingerprint density at radius 3 is 2.77 bits per heavy atom. The summed E-state index contributed by atoms with van der Waals surface area (Å²) in [6, 6.07) is 9.47. The van der Waals surface area contributed by atoms with Gasteiger partial charge in [0.15, 0.2) is 0 Å². The molecule has 114 valence electrons. The van der Waals surface area contributed by atoms with Crippen molar-refractivity contribution in [2.24, 2.45) is 0 Å². The minimum Gasteiger partial charge on any atom is -0.266 e. The number of nitrogens with zero attached hydrogens (tertiary/aromatic N) is 3. The molecule has 4 nitrogen and oxygen atoms in total. The zero-order chi connectivity index (χ0) is 16.3. The lowest BCUT2D eigenvalue weighted by atomic mass is 10.1. The summed E-state index contributed by atoms with van der Waals surface area (Å²) in [5.74, 6) is 0.621. The average Bonchev–Trinajstić information content (AvgIpc) is 2.47. The van der Waals surface area contributed by atoms with Crippen LogP contribution in [0, 0.1) is 11.3 Å². The van der Waals surface area contributed by atoms with Gasteiger partial charge in [-0.25, -0.2) is 4.68 Å². The van der Waals surface area contributed by atoms with E-state index < -0.39 is 5.54 Å². The third-order valence-corrected chi connectivity index (χ3v) is 4.55. The molecule has 0 aliphatic carbocycles. The van der Waals surface area contributed by atoms with E-state index in [0.717, 1.165) is 5.56 Å². The van der Waals surface area contributed by atoms with Gasteiger partial charge in [0, 0.05) is 5.75 Å². The number of nitriles is 1. The van der Waals surface area contributed by atoms with Crippen LogP contribution in [0.15, 0.2) is 40.2 Å². The summed E-state index contributed by atoms with van der Waals surface area (Å²) >= 11 is 7.62. The van der Waals surface area contributed by atoms with Crippen molar-refractivity contribution in [3.8, 4) is 6.07 Å². The second-order valence-electron chi connectivity index (χ2n) is 5.81. The van der Waals surface area contributed by atoms with Crippen molar-refractivity contribution in [2.75, 3.05) is 0 Å². The van der Waals surface area contributed by atoms with Crippen molar-refractivity contribution in [1.29, 1.82) is 5.26 Å². The lowest BCUT2D eigenvalue weighted by Gasteiger charge is -2.21. The Labute approximate surface area is 138 Å². The van der Waals surface area contributed by atoms with Crippen molar-refractivity contribution in [1.82, 2.24) is 9.78 Å². The number of rotatable bonds is 3. The SMILES string of the molecule is CC(C)(C)n1ncc(SCc2cccc(C#N)c2)c(Cl)c1=O. The molecule has 0 aliphatic rings. The number of aromatic nitrogens is 2. The molecule has 2 aromatic rings. The molecule has 1 heterocycles. The number of halogens is 1. The quantitative estimate of drug-likeness (QED) is 0.801. The van der Waals surface area contributed by atoms with E-state index in [1.807, 2.05) is 39.0 Å². The Morgan fingerprint density at radius 2 is 2.14 bits per heavy atom. The van der Waals surface area contributed by atoms with E-state index in [0.29, 0.717) is 16.2 Å². The third-order valence-electron chi connectivity index (χ3n) is 2.97. The van der Waals surface area contributed by atoms with Crippen LogP contribution in [0.25, 0.3) is 0 Å². The van der Waals surface area contributed by atoms with Crippen LogP contribution >= 0.6 is 23.4 Å². The van der Waals surface area contributed by atoms with Crippen molar-refractivity contribution in [3.63, 3.8) is 0 Å². The number of hydrogen-bond acceptors (Lipinski definition) is 4. The molecular weight excluding hydrogens is 318 g/mol. The maximum absolute atomic E-state index is 12.3. The van der Waals surface area contributed by atoms with Gasteiger partial charge in [0.1, 0.15) is 5.02 Å². The first kappa shape index (κ1) is 16.6. The Morgan fingerprint density at radius 1 is 1.41 bits per heavy atom. The van der Waals surface area contributed by atoms with Gasteiger partial charge in [-0.3, -0.25) is 4.79 Å². The van der Waals surface area contributed by atoms with Gasteiger partial charge < -0.3 is 0 Å². The second-order valence-corrected chi connectivity index (χ2v) is 7.21. The zero-order valence-corrected chi connectivity index (χ0v) is 14.2. The molecule has 0 unspecified atom stereocenters. The maximum atomic E-state index is 12.3. The highest BCUT2D eigenvalue weighted by molar-refractivity contribution is 7.98. The normalized spacial score (nSPS) is 11.2. The van der Waals surface area contributed by atoms with E-state index in [1.165, 1.54) is 16.4 Å². The van der Waals surface area contributed by atoms with E-state index in [9.17, 15) is 4.79 Å². The van der Waals surface area contributed by atoms with Gasteiger partial charge in [0.25, 0.3) is 5.56 Å². The minimum absolute atomic E-state index is 0.186. The highest BCUT2D eigenvalue weighted by Gasteiger charge is 2.19. The molecule has 0 radical (unpaired) electrons. The summed E-state index contributed by atoms with van der Waals surface area (Å²) in [6.45, 7) is 5.70. The van der Waals surface area contributed by atoms with Gasteiger partial charge in [-0.2, -0.15) is 10.4 Å². The Bertz CT molecular complexity index is 787. The molecule has 0 bridgehead atoms. The molecule has 0 saturated heterocycles. The van der Waals surface area contributed by atoms with Crippen LogP contribution in [0.4, 0.5) is 0 Å². The number of thioether (sulfide) groups is 1. The van der Waals surface area contributed by atoms with Crippen LogP contribution in [0.3, 0.4) is 0 Å². The fraction of sp³-hybridized carbons (Fsp3) is 0.312. The van der Waals surface area contributed by atoms with Gasteiger partial charge >= 0.3 is 0 Å². The lowest BCUT2D eigenvalue weighted by Crippen LogP contribution is -2.36. The summed E-state index contributed by atoms with van der Waals surface area (Å²) in [5, 5.41) is 13.3. The summed E-state index contributed by atoms with van der Waals surface area (Å²) in [4.78, 5) is 12.9. The maximum Gasteiger partial charge on any atom is 0.287 e. The Kier molecular flexibility index (Phi) is 4.94. The van der Waals surface area contributed by atoms with Crippen molar-refractivity contribution < 1.29 is 0 Å². The predicted octanol–water partition coefficient (Wildman–Crippen LogP) is 3.82. The smallest absolute Gasteiger partial charge is 0.266 e. The summed E-state index contributed by atoms with van der Waals surface area (Å²) < 4.78 is 1.38. The molecule has 0 spiro atoms. The van der Waals surface area contributed by atoms with Crippen molar-refractivity contribution >= 4 is 23.4 Å². The molecule has 0 atom stereocenters. The average molecular weight is 334 g/mol. The van der Waals surface area contributed by atoms with Gasteiger partial charge in [-0.05, 0) is 38.5 Å². The first-order valence-corrected chi connectivity index (χ1v) is 8.09. The fourth-order valence-electron chi connectivity index (χ4n) is 1.89. The second kappa shape index (κ2) is 6.55. The summed E-state index contributed by atoms with van der Waals surface area (Å²) in [5.41, 5.74) is 0.918. The predicted molar refractivity (Wildman–Crippen MR) is 89.2 cm³/mol. The molecule has 0 saturated carbocycles. The Hall–Kier alpha value is -1.77. The molecule has 0 amide bonds. The van der Waals surface area contributed by atoms with Crippen molar-refractivity contribution in [3.05, 3.63) is 57.0 Å². The van der Waals surface area contributed by atoms with Gasteiger partial charge in [-0.15, -0.1) is 11.8 Å². The molecule has 1 aromatic carbocycles. The number of hydrogen-bond donors (Lipinski definition) is 0. The van der Waals surface area contributed by atoms with E-state index in [1.54, 1.807) is 12.3 Å². The lowest BCUT2D eigenvalue weighted by molar-refractivity contribution is 0.336. The van der Waals surface area contributed by atoms with Crippen LogP contribution in [0.1, 0.15) is 31.9 Å². The molecule has 2 rings (SSSR count). The summed E-state index contributed by atoms with van der Waals surface area (Å²) in [7, 11) is 0. The molecule has 1 aromatic heterocycles. The fourth-order valence-corrected chi connectivity index (χ4v) is 3.02. The van der Waals surface area contributed by atoms with Crippen LogP contribution in [-0.2, 0) is 11.3 Å². The zero-order valence-electron chi connectivity index (χ0n) is 12.6. The Balaban J connectivity index is 2.23. The highest BCUT2D eigenvalue weighted by atomic mass is 35.5. The van der Waals surface area contributed by atoms with Crippen LogP contribution < -0.4 is 5.56 Å². The topological polar surface area (TPSA) is 58.7 Å². The summed E-state index contributed by atoms with van der Waals surface area (Å²) in [6.07, 6.45) is 1.62. The molecule has 22 heavy (non-hydrogen) atoms. The van der Waals surface area contributed by atoms with E-state index >= 15 is 0 Å². The van der Waals surface area contributed by atoms with E-state index in [-0.39, 0.29) is 10.6 Å². The highest BCUT2D eigenvalue weighted by Crippen LogP contribution is 2.27. The minimum atomic E-state index is -0.412. The van der Waals surface area contributed by atoms with Crippen LogP contribution in [-0.4, -0.2) is 9.78 Å². The standard InChI is InChI=1S/C16H16ClN3OS/c1-16(2,3)20-15(21)14(17)13(9-19-20)22-10-12-6-4-5-11(7-12)8-18/h4-7,9H,10H2,1-3H3. The molecule has 0 fully saturated rings. The van der Waals surface area contributed by atoms with Crippen LogP contribution in [0.5, 0.6) is 0 Å². The van der Waals surface area contributed by atoms with Gasteiger partial charge in [-0.1, -0.05) is 23.7 Å². The molecule has 0 aliphatic heterocycles. The molecule has 6 heteroatoms. The molecular formula is C16H16ClN3OS. The van der Waals surface area contributed by atoms with Gasteiger partial charge in [0.2, 0.25) is 0 Å². The first-order chi connectivity index (χ1) is 10.3. The monoisotopic (exact) mass is 333 g/mol. The number of benzene rings is 1. The largest absolute Gasteiger partial charge is 0.287 e. The molecule has 0 N–H and O–H groups in total. The van der Waals surface area contributed by atoms with Gasteiger partial charge in [0.05, 0.1) is 28.3 Å². The first-order valence-electron chi connectivity index (χ1n) is 6.73. The van der Waals surface area contributed by atoms with E-state index in [4.69, 9.17) is 16.9 Å². The van der Waals surface area contributed by atoms with E-state index in [2.05, 4.69) is 11.2 Å². The third kappa shape index (κ3) is 3.70. The van der Waals surface area contributed by atoms with Crippen LogP contribution in [0.2, 0.25) is 5.02 Å².